The van der Waals surface area contributed by atoms with E-state index < -0.39 is 0 Å². The van der Waals surface area contributed by atoms with Gasteiger partial charge in [-0.05, 0) is 55.2 Å². The summed E-state index contributed by atoms with van der Waals surface area (Å²) >= 11 is 0. The highest BCUT2D eigenvalue weighted by molar-refractivity contribution is 6.06. The zero-order valence-corrected chi connectivity index (χ0v) is 17.5. The van der Waals surface area contributed by atoms with Gasteiger partial charge in [-0.15, -0.1) is 0 Å². The van der Waals surface area contributed by atoms with Crippen molar-refractivity contribution < 1.29 is 9.59 Å². The van der Waals surface area contributed by atoms with E-state index in [1.807, 2.05) is 60.7 Å². The molecule has 158 valence electrons. The molecule has 1 saturated heterocycles. The molecule has 5 heteroatoms. The van der Waals surface area contributed by atoms with Crippen LogP contribution in [0.4, 0.5) is 11.4 Å². The Morgan fingerprint density at radius 3 is 2.16 bits per heavy atom. The quantitative estimate of drug-likeness (QED) is 0.607. The lowest BCUT2D eigenvalue weighted by molar-refractivity contribution is 0.0950. The molecule has 1 fully saturated rings. The molecule has 3 aromatic carbocycles. The Kier molecular flexibility index (Phi) is 6.62. The summed E-state index contributed by atoms with van der Waals surface area (Å²) in [4.78, 5) is 28.0. The van der Waals surface area contributed by atoms with Crippen molar-refractivity contribution in [1.29, 1.82) is 0 Å². The van der Waals surface area contributed by atoms with Crippen LogP contribution in [0, 0.1) is 0 Å². The molecular formula is C26H27N3O2. The minimum absolute atomic E-state index is 0.139. The van der Waals surface area contributed by atoms with Gasteiger partial charge in [0.1, 0.15) is 0 Å². The smallest absolute Gasteiger partial charge is 0.255 e. The van der Waals surface area contributed by atoms with Gasteiger partial charge in [-0.25, -0.2) is 0 Å². The van der Waals surface area contributed by atoms with E-state index in [0.717, 1.165) is 37.2 Å². The van der Waals surface area contributed by atoms with Crippen molar-refractivity contribution in [1.82, 2.24) is 5.32 Å². The Labute approximate surface area is 183 Å². The van der Waals surface area contributed by atoms with Crippen molar-refractivity contribution in [3.05, 3.63) is 95.6 Å². The van der Waals surface area contributed by atoms with Crippen molar-refractivity contribution in [2.75, 3.05) is 23.3 Å². The Morgan fingerprint density at radius 2 is 1.45 bits per heavy atom. The lowest BCUT2D eigenvalue weighted by Gasteiger charge is -2.30. The van der Waals surface area contributed by atoms with Crippen LogP contribution >= 0.6 is 0 Å². The highest BCUT2D eigenvalue weighted by Crippen LogP contribution is 2.27. The number of benzene rings is 3. The van der Waals surface area contributed by atoms with E-state index in [9.17, 15) is 9.59 Å². The van der Waals surface area contributed by atoms with Gasteiger partial charge in [-0.2, -0.15) is 0 Å². The molecule has 31 heavy (non-hydrogen) atoms. The van der Waals surface area contributed by atoms with Crippen molar-refractivity contribution in [3.63, 3.8) is 0 Å². The Bertz CT molecular complexity index is 1030. The number of nitrogens with one attached hydrogen (secondary N) is 2. The predicted octanol–water partition coefficient (Wildman–Crippen LogP) is 4.86. The summed E-state index contributed by atoms with van der Waals surface area (Å²) in [7, 11) is 0. The summed E-state index contributed by atoms with van der Waals surface area (Å²) in [6.45, 7) is 2.34. The van der Waals surface area contributed by atoms with E-state index in [2.05, 4.69) is 15.5 Å². The summed E-state index contributed by atoms with van der Waals surface area (Å²) in [5, 5.41) is 5.95. The second-order valence-corrected chi connectivity index (χ2v) is 7.77. The first-order chi connectivity index (χ1) is 15.2. The maximum absolute atomic E-state index is 13.1. The molecule has 4 rings (SSSR count). The predicted molar refractivity (Wildman–Crippen MR) is 125 cm³/mol. The zero-order valence-electron chi connectivity index (χ0n) is 17.5. The van der Waals surface area contributed by atoms with Crippen LogP contribution in [0.3, 0.4) is 0 Å². The third-order valence-electron chi connectivity index (χ3n) is 5.53. The molecule has 0 unspecified atom stereocenters. The standard InChI is InChI=1S/C26H27N3O2/c30-25(21-12-6-2-7-13-21)28-22-14-15-24(29-16-8-3-9-17-29)23(18-22)26(31)27-19-20-10-4-1-5-11-20/h1-2,4-7,10-15,18H,3,8-9,16-17,19H2,(H,27,31)(H,28,30). The molecular weight excluding hydrogens is 386 g/mol. The minimum Gasteiger partial charge on any atom is -0.371 e. The number of nitrogens with zero attached hydrogens (tertiary/aromatic N) is 1. The van der Waals surface area contributed by atoms with Crippen molar-refractivity contribution in [3.8, 4) is 0 Å². The van der Waals surface area contributed by atoms with E-state index in [-0.39, 0.29) is 11.8 Å². The maximum atomic E-state index is 13.1. The number of carbonyl (C=O) groups is 2. The molecule has 0 radical (unpaired) electrons. The van der Waals surface area contributed by atoms with Crippen LogP contribution in [0.15, 0.2) is 78.9 Å². The molecule has 1 heterocycles. The Hall–Kier alpha value is -3.60. The van der Waals surface area contributed by atoms with Crippen molar-refractivity contribution in [2.45, 2.75) is 25.8 Å². The minimum atomic E-state index is -0.193. The number of anilines is 2. The first-order valence-electron chi connectivity index (χ1n) is 10.8. The highest BCUT2D eigenvalue weighted by atomic mass is 16.2. The summed E-state index contributed by atoms with van der Waals surface area (Å²) in [5.74, 6) is -0.331. The van der Waals surface area contributed by atoms with Crippen LogP contribution in [-0.2, 0) is 6.54 Å². The third kappa shape index (κ3) is 5.31. The number of hydrogen-bond acceptors (Lipinski definition) is 3. The molecule has 0 spiro atoms. The fourth-order valence-electron chi connectivity index (χ4n) is 3.87. The number of carbonyl (C=O) groups excluding carboxylic acids is 2. The average Bonchev–Trinajstić information content (AvgIpc) is 2.84. The highest BCUT2D eigenvalue weighted by Gasteiger charge is 2.20. The van der Waals surface area contributed by atoms with Crippen LogP contribution in [0.25, 0.3) is 0 Å². The molecule has 2 N–H and O–H groups in total. The Morgan fingerprint density at radius 1 is 0.774 bits per heavy atom. The summed E-state index contributed by atoms with van der Waals surface area (Å²) in [6, 6.07) is 24.5. The van der Waals surface area contributed by atoms with Gasteiger partial charge in [0.05, 0.1) is 5.56 Å². The van der Waals surface area contributed by atoms with Crippen LogP contribution in [-0.4, -0.2) is 24.9 Å². The van der Waals surface area contributed by atoms with Crippen molar-refractivity contribution >= 4 is 23.2 Å². The van der Waals surface area contributed by atoms with Gasteiger partial charge in [0.15, 0.2) is 0 Å². The molecule has 0 atom stereocenters. The Balaban J connectivity index is 1.56. The zero-order chi connectivity index (χ0) is 21.5. The number of rotatable bonds is 6. The number of piperidine rings is 1. The van der Waals surface area contributed by atoms with Gasteiger partial charge in [-0.3, -0.25) is 9.59 Å². The van der Waals surface area contributed by atoms with Gasteiger partial charge >= 0.3 is 0 Å². The maximum Gasteiger partial charge on any atom is 0.255 e. The van der Waals surface area contributed by atoms with Gasteiger partial charge in [-0.1, -0.05) is 48.5 Å². The summed E-state index contributed by atoms with van der Waals surface area (Å²) < 4.78 is 0. The van der Waals surface area contributed by atoms with Gasteiger partial charge in [0.2, 0.25) is 0 Å². The molecule has 1 aliphatic heterocycles. The summed E-state index contributed by atoms with van der Waals surface area (Å²) in [6.07, 6.45) is 3.46. The van der Waals surface area contributed by atoms with Gasteiger partial charge in [0, 0.05) is 36.6 Å². The van der Waals surface area contributed by atoms with Crippen LogP contribution in [0.2, 0.25) is 0 Å². The van der Waals surface area contributed by atoms with E-state index in [0.29, 0.717) is 23.4 Å². The average molecular weight is 414 g/mol. The fraction of sp³-hybridized carbons (Fsp3) is 0.231. The van der Waals surface area contributed by atoms with E-state index >= 15 is 0 Å². The lowest BCUT2D eigenvalue weighted by Crippen LogP contribution is -2.32. The molecule has 5 nitrogen and oxygen atoms in total. The topological polar surface area (TPSA) is 61.4 Å². The normalized spacial score (nSPS) is 13.5. The molecule has 0 saturated carbocycles. The molecule has 2 amide bonds. The first kappa shape index (κ1) is 20.7. The molecule has 1 aliphatic rings. The van der Waals surface area contributed by atoms with Crippen LogP contribution in [0.1, 0.15) is 45.5 Å². The number of hydrogen-bond donors (Lipinski definition) is 2. The second-order valence-electron chi connectivity index (χ2n) is 7.77. The lowest BCUT2D eigenvalue weighted by atomic mass is 10.1. The number of amides is 2. The third-order valence-corrected chi connectivity index (χ3v) is 5.53. The second kappa shape index (κ2) is 9.94. The summed E-state index contributed by atoms with van der Waals surface area (Å²) in [5.41, 5.74) is 3.74. The van der Waals surface area contributed by atoms with Gasteiger partial charge in [0.25, 0.3) is 11.8 Å². The van der Waals surface area contributed by atoms with Crippen LogP contribution < -0.4 is 15.5 Å². The monoisotopic (exact) mass is 413 g/mol. The van der Waals surface area contributed by atoms with Gasteiger partial charge < -0.3 is 15.5 Å². The van der Waals surface area contributed by atoms with E-state index in [1.54, 1.807) is 18.2 Å². The first-order valence-corrected chi connectivity index (χ1v) is 10.8. The molecule has 0 aliphatic carbocycles. The van der Waals surface area contributed by atoms with Crippen molar-refractivity contribution in [2.24, 2.45) is 0 Å². The van der Waals surface area contributed by atoms with E-state index in [4.69, 9.17) is 0 Å². The molecule has 0 bridgehead atoms. The molecule has 0 aromatic heterocycles. The SMILES string of the molecule is O=C(Nc1ccc(N2CCCCC2)c(C(=O)NCc2ccccc2)c1)c1ccccc1. The van der Waals surface area contributed by atoms with Crippen LogP contribution in [0.5, 0.6) is 0 Å². The fourth-order valence-corrected chi connectivity index (χ4v) is 3.87. The largest absolute Gasteiger partial charge is 0.371 e. The van der Waals surface area contributed by atoms with E-state index in [1.165, 1.54) is 6.42 Å². The molecule has 3 aromatic rings.